The van der Waals surface area contributed by atoms with E-state index in [1.807, 2.05) is 45.0 Å². The first-order valence-electron chi connectivity index (χ1n) is 9.62. The van der Waals surface area contributed by atoms with Crippen molar-refractivity contribution in [3.05, 3.63) is 60.2 Å². The standard InChI is InChI=1S/C24H26O4/c1-5-16(2)23(26)27-15-22(25)28-24(3,4)19-12-13-21-18(14-19)11-10-17-8-6-7-9-20(17)21/h6-14,16H,5,15H2,1-4H3. The molecule has 0 N–H and O–H groups in total. The molecule has 3 aromatic carbocycles. The second-order valence-corrected chi connectivity index (χ2v) is 7.62. The van der Waals surface area contributed by atoms with Gasteiger partial charge in [-0.2, -0.15) is 0 Å². The number of carbonyl (C=O) groups is 2. The molecule has 0 fully saturated rings. The number of carbonyl (C=O) groups excluding carboxylic acids is 2. The van der Waals surface area contributed by atoms with E-state index in [9.17, 15) is 9.59 Å². The van der Waals surface area contributed by atoms with Crippen LogP contribution in [0, 0.1) is 5.92 Å². The fourth-order valence-corrected chi connectivity index (χ4v) is 3.20. The molecular formula is C24H26O4. The largest absolute Gasteiger partial charge is 0.453 e. The summed E-state index contributed by atoms with van der Waals surface area (Å²) in [6.07, 6.45) is 0.672. The van der Waals surface area contributed by atoms with Crippen LogP contribution in [0.25, 0.3) is 21.5 Å². The monoisotopic (exact) mass is 378 g/mol. The minimum atomic E-state index is -0.834. The van der Waals surface area contributed by atoms with Crippen LogP contribution in [-0.4, -0.2) is 18.5 Å². The normalized spacial score (nSPS) is 12.7. The first-order chi connectivity index (χ1) is 13.3. The molecular weight excluding hydrogens is 352 g/mol. The third-order valence-corrected chi connectivity index (χ3v) is 5.16. The van der Waals surface area contributed by atoms with E-state index in [-0.39, 0.29) is 18.5 Å². The van der Waals surface area contributed by atoms with Gasteiger partial charge in [0.2, 0.25) is 0 Å². The molecule has 0 aliphatic rings. The second-order valence-electron chi connectivity index (χ2n) is 7.62. The molecule has 0 aromatic heterocycles. The molecule has 0 bridgehead atoms. The van der Waals surface area contributed by atoms with E-state index in [4.69, 9.17) is 9.47 Å². The van der Waals surface area contributed by atoms with Crippen molar-refractivity contribution in [1.82, 2.24) is 0 Å². The fraction of sp³-hybridized carbons (Fsp3) is 0.333. The van der Waals surface area contributed by atoms with Crippen LogP contribution in [0.4, 0.5) is 0 Å². The molecule has 28 heavy (non-hydrogen) atoms. The predicted octanol–water partition coefficient (Wildman–Crippen LogP) is 5.36. The van der Waals surface area contributed by atoms with Crippen molar-refractivity contribution in [2.45, 2.75) is 39.7 Å². The smallest absolute Gasteiger partial charge is 0.345 e. The lowest BCUT2D eigenvalue weighted by atomic mass is 9.93. The molecule has 0 saturated carbocycles. The van der Waals surface area contributed by atoms with Crippen molar-refractivity contribution < 1.29 is 19.1 Å². The first-order valence-corrected chi connectivity index (χ1v) is 9.62. The number of rotatable bonds is 6. The molecule has 0 saturated heterocycles. The minimum Gasteiger partial charge on any atom is -0.453 e. The highest BCUT2D eigenvalue weighted by molar-refractivity contribution is 6.07. The summed E-state index contributed by atoms with van der Waals surface area (Å²) >= 11 is 0. The van der Waals surface area contributed by atoms with Crippen molar-refractivity contribution in [2.75, 3.05) is 6.61 Å². The molecule has 4 nitrogen and oxygen atoms in total. The van der Waals surface area contributed by atoms with Gasteiger partial charge in [0.25, 0.3) is 0 Å². The third kappa shape index (κ3) is 4.16. The van der Waals surface area contributed by atoms with Gasteiger partial charge in [-0.15, -0.1) is 0 Å². The zero-order valence-corrected chi connectivity index (χ0v) is 16.8. The van der Waals surface area contributed by atoms with E-state index in [1.165, 1.54) is 10.8 Å². The number of hydrogen-bond acceptors (Lipinski definition) is 4. The maximum atomic E-state index is 12.2. The average molecular weight is 378 g/mol. The summed E-state index contributed by atoms with van der Waals surface area (Å²) in [6.45, 7) is 6.98. The van der Waals surface area contributed by atoms with E-state index in [1.54, 1.807) is 6.92 Å². The van der Waals surface area contributed by atoms with Crippen LogP contribution in [0.3, 0.4) is 0 Å². The Labute approximate surface area is 165 Å². The molecule has 0 radical (unpaired) electrons. The topological polar surface area (TPSA) is 52.6 Å². The van der Waals surface area contributed by atoms with Crippen molar-refractivity contribution in [3.63, 3.8) is 0 Å². The Morgan fingerprint density at radius 3 is 2.39 bits per heavy atom. The van der Waals surface area contributed by atoms with Crippen LogP contribution < -0.4 is 0 Å². The SMILES string of the molecule is CCC(C)C(=O)OCC(=O)OC(C)(C)c1ccc2c(ccc3ccccc32)c1. The zero-order chi connectivity index (χ0) is 20.3. The maximum Gasteiger partial charge on any atom is 0.345 e. The van der Waals surface area contributed by atoms with Crippen molar-refractivity contribution in [2.24, 2.45) is 5.92 Å². The quantitative estimate of drug-likeness (QED) is 0.428. The molecule has 0 aliphatic carbocycles. The van der Waals surface area contributed by atoms with Crippen molar-refractivity contribution in [1.29, 1.82) is 0 Å². The summed E-state index contributed by atoms with van der Waals surface area (Å²) in [5.41, 5.74) is 0.0524. The molecule has 0 amide bonds. The summed E-state index contributed by atoms with van der Waals surface area (Å²) in [6, 6.07) is 18.5. The van der Waals surface area contributed by atoms with E-state index in [2.05, 4.69) is 30.3 Å². The third-order valence-electron chi connectivity index (χ3n) is 5.16. The summed E-state index contributed by atoms with van der Waals surface area (Å²) in [5.74, 6) is -1.16. The van der Waals surface area contributed by atoms with Gasteiger partial charge < -0.3 is 9.47 Å². The lowest BCUT2D eigenvalue weighted by molar-refractivity contribution is -0.169. The average Bonchev–Trinajstić information content (AvgIpc) is 2.70. The first kappa shape index (κ1) is 19.9. The van der Waals surface area contributed by atoms with Crippen LogP contribution in [0.5, 0.6) is 0 Å². The Bertz CT molecular complexity index is 1020. The van der Waals surface area contributed by atoms with Crippen LogP contribution in [0.1, 0.15) is 39.7 Å². The Hall–Kier alpha value is -2.88. The Balaban J connectivity index is 1.77. The zero-order valence-electron chi connectivity index (χ0n) is 16.8. The van der Waals surface area contributed by atoms with Crippen LogP contribution in [0.15, 0.2) is 54.6 Å². The summed E-state index contributed by atoms with van der Waals surface area (Å²) in [7, 11) is 0. The highest BCUT2D eigenvalue weighted by atomic mass is 16.6. The number of ether oxygens (including phenoxy) is 2. The Kier molecular flexibility index (Phi) is 5.68. The summed E-state index contributed by atoms with van der Waals surface area (Å²) in [5, 5.41) is 4.63. The Morgan fingerprint density at radius 1 is 0.964 bits per heavy atom. The van der Waals surface area contributed by atoms with Crippen LogP contribution >= 0.6 is 0 Å². The molecule has 4 heteroatoms. The molecule has 146 valence electrons. The van der Waals surface area contributed by atoms with Gasteiger partial charge >= 0.3 is 11.9 Å². The van der Waals surface area contributed by atoms with Gasteiger partial charge in [0.05, 0.1) is 5.92 Å². The summed E-state index contributed by atoms with van der Waals surface area (Å²) < 4.78 is 10.7. The van der Waals surface area contributed by atoms with E-state index in [0.29, 0.717) is 6.42 Å². The molecule has 3 rings (SSSR count). The van der Waals surface area contributed by atoms with E-state index >= 15 is 0 Å². The van der Waals surface area contributed by atoms with Crippen molar-refractivity contribution >= 4 is 33.5 Å². The number of esters is 2. The van der Waals surface area contributed by atoms with E-state index in [0.717, 1.165) is 16.3 Å². The van der Waals surface area contributed by atoms with Gasteiger partial charge in [0.15, 0.2) is 6.61 Å². The van der Waals surface area contributed by atoms with Gasteiger partial charge in [0, 0.05) is 0 Å². The van der Waals surface area contributed by atoms with Crippen LogP contribution in [0.2, 0.25) is 0 Å². The van der Waals surface area contributed by atoms with Gasteiger partial charge in [0.1, 0.15) is 5.60 Å². The highest BCUT2D eigenvalue weighted by Gasteiger charge is 2.26. The second kappa shape index (κ2) is 8.01. The Morgan fingerprint density at radius 2 is 1.64 bits per heavy atom. The van der Waals surface area contributed by atoms with Gasteiger partial charge in [-0.25, -0.2) is 4.79 Å². The molecule has 0 heterocycles. The lowest BCUT2D eigenvalue weighted by Gasteiger charge is -2.26. The number of hydrogen-bond donors (Lipinski definition) is 0. The fourth-order valence-electron chi connectivity index (χ4n) is 3.20. The van der Waals surface area contributed by atoms with E-state index < -0.39 is 11.6 Å². The maximum absolute atomic E-state index is 12.2. The molecule has 0 aliphatic heterocycles. The highest BCUT2D eigenvalue weighted by Crippen LogP contribution is 2.31. The number of fused-ring (bicyclic) bond motifs is 3. The number of benzene rings is 3. The van der Waals surface area contributed by atoms with Gasteiger partial charge in [-0.05, 0) is 53.4 Å². The van der Waals surface area contributed by atoms with Crippen LogP contribution in [-0.2, 0) is 24.7 Å². The summed E-state index contributed by atoms with van der Waals surface area (Å²) in [4.78, 5) is 23.9. The molecule has 3 aromatic rings. The molecule has 1 unspecified atom stereocenters. The lowest BCUT2D eigenvalue weighted by Crippen LogP contribution is -2.29. The van der Waals surface area contributed by atoms with Crippen molar-refractivity contribution in [3.8, 4) is 0 Å². The molecule has 0 spiro atoms. The minimum absolute atomic E-state index is 0.226. The predicted molar refractivity (Wildman–Crippen MR) is 111 cm³/mol. The molecule has 1 atom stereocenters. The van der Waals surface area contributed by atoms with Gasteiger partial charge in [-0.3, -0.25) is 4.79 Å². The van der Waals surface area contributed by atoms with Gasteiger partial charge in [-0.1, -0.05) is 62.4 Å².